The first kappa shape index (κ1) is 14.2. The minimum atomic E-state index is 0.273. The van der Waals surface area contributed by atoms with Crippen molar-refractivity contribution in [2.24, 2.45) is 5.92 Å². The second-order valence-electron chi connectivity index (χ2n) is 4.13. The van der Waals surface area contributed by atoms with Gasteiger partial charge < -0.3 is 15.6 Å². The maximum Gasteiger partial charge on any atom is 0.119 e. The number of ether oxygens (including phenoxy) is 1. The molecule has 1 rings (SSSR count). The molecule has 96 valence electrons. The molecule has 0 amide bonds. The van der Waals surface area contributed by atoms with Gasteiger partial charge in [0.05, 0.1) is 6.61 Å². The van der Waals surface area contributed by atoms with Crippen LogP contribution >= 0.6 is 11.8 Å². The molecule has 1 atom stereocenters. The van der Waals surface area contributed by atoms with Crippen molar-refractivity contribution in [1.82, 2.24) is 0 Å². The Bertz CT molecular complexity index is 303. The van der Waals surface area contributed by atoms with Crippen molar-refractivity contribution in [2.45, 2.75) is 13.3 Å². The van der Waals surface area contributed by atoms with E-state index in [-0.39, 0.29) is 6.61 Å². The third-order valence-electron chi connectivity index (χ3n) is 2.30. The smallest absolute Gasteiger partial charge is 0.119 e. The van der Waals surface area contributed by atoms with Crippen LogP contribution in [0.15, 0.2) is 24.3 Å². The van der Waals surface area contributed by atoms with E-state index in [1.54, 1.807) is 0 Å². The van der Waals surface area contributed by atoms with Crippen molar-refractivity contribution in [2.75, 3.05) is 30.5 Å². The lowest BCUT2D eigenvalue weighted by molar-refractivity contribution is 0.250. The van der Waals surface area contributed by atoms with Gasteiger partial charge in [-0.3, -0.25) is 0 Å². The number of hydrogen-bond acceptors (Lipinski definition) is 4. The van der Waals surface area contributed by atoms with Crippen molar-refractivity contribution in [3.63, 3.8) is 0 Å². The van der Waals surface area contributed by atoms with E-state index in [0.29, 0.717) is 5.92 Å². The lowest BCUT2D eigenvalue weighted by Crippen LogP contribution is -2.05. The van der Waals surface area contributed by atoms with Crippen LogP contribution in [0, 0.1) is 5.92 Å². The maximum atomic E-state index is 8.86. The predicted octanol–water partition coefficient (Wildman–Crippen LogP) is 2.40. The fourth-order valence-corrected chi connectivity index (χ4v) is 2.25. The van der Waals surface area contributed by atoms with E-state index in [4.69, 9.17) is 15.6 Å². The van der Waals surface area contributed by atoms with E-state index in [0.717, 1.165) is 36.0 Å². The summed E-state index contributed by atoms with van der Waals surface area (Å²) in [7, 11) is 0. The summed E-state index contributed by atoms with van der Waals surface area (Å²) < 4.78 is 5.58. The Morgan fingerprint density at radius 2 is 2.06 bits per heavy atom. The molecule has 3 N–H and O–H groups in total. The lowest BCUT2D eigenvalue weighted by Gasteiger charge is -2.08. The summed E-state index contributed by atoms with van der Waals surface area (Å²) in [5, 5.41) is 8.86. The van der Waals surface area contributed by atoms with E-state index in [1.165, 1.54) is 0 Å². The highest BCUT2D eigenvalue weighted by Crippen LogP contribution is 2.14. The summed E-state index contributed by atoms with van der Waals surface area (Å²) in [6, 6.07) is 7.45. The van der Waals surface area contributed by atoms with E-state index < -0.39 is 0 Å². The minimum absolute atomic E-state index is 0.273. The van der Waals surface area contributed by atoms with Crippen LogP contribution in [0.4, 0.5) is 5.69 Å². The molecule has 4 heteroatoms. The van der Waals surface area contributed by atoms with Gasteiger partial charge in [0, 0.05) is 12.3 Å². The zero-order valence-electron chi connectivity index (χ0n) is 10.3. The molecule has 0 fully saturated rings. The topological polar surface area (TPSA) is 55.5 Å². The summed E-state index contributed by atoms with van der Waals surface area (Å²) in [6.45, 7) is 3.05. The third-order valence-corrected chi connectivity index (χ3v) is 3.68. The molecule has 0 aliphatic rings. The first-order chi connectivity index (χ1) is 8.22. The monoisotopic (exact) mass is 255 g/mol. The number of anilines is 1. The summed E-state index contributed by atoms with van der Waals surface area (Å²) in [6.07, 6.45) is 1.02. The van der Waals surface area contributed by atoms with Crippen LogP contribution in [0.25, 0.3) is 0 Å². The van der Waals surface area contributed by atoms with Crippen LogP contribution in [0.3, 0.4) is 0 Å². The zero-order valence-corrected chi connectivity index (χ0v) is 11.1. The van der Waals surface area contributed by atoms with Crippen LogP contribution in [0.1, 0.15) is 13.3 Å². The third kappa shape index (κ3) is 6.44. The highest BCUT2D eigenvalue weighted by atomic mass is 32.2. The number of thioether (sulfide) groups is 1. The SMILES string of the molecule is CC(CO)CSCCCOc1ccc(N)cc1. The minimum Gasteiger partial charge on any atom is -0.494 e. The van der Waals surface area contributed by atoms with Crippen molar-refractivity contribution in [3.8, 4) is 5.75 Å². The van der Waals surface area contributed by atoms with Gasteiger partial charge in [0.2, 0.25) is 0 Å². The average molecular weight is 255 g/mol. The normalized spacial score (nSPS) is 12.4. The molecule has 0 heterocycles. The molecule has 1 aromatic rings. The van der Waals surface area contributed by atoms with Gasteiger partial charge in [-0.15, -0.1) is 0 Å². The van der Waals surface area contributed by atoms with Gasteiger partial charge in [0.15, 0.2) is 0 Å². The van der Waals surface area contributed by atoms with Crippen molar-refractivity contribution in [1.29, 1.82) is 0 Å². The van der Waals surface area contributed by atoms with Gasteiger partial charge in [-0.25, -0.2) is 0 Å². The summed E-state index contributed by atoms with van der Waals surface area (Å²) >= 11 is 1.86. The molecule has 1 aromatic carbocycles. The molecule has 0 bridgehead atoms. The summed E-state index contributed by atoms with van der Waals surface area (Å²) in [5.74, 6) is 3.34. The van der Waals surface area contributed by atoms with Crippen molar-refractivity contribution < 1.29 is 9.84 Å². The quantitative estimate of drug-likeness (QED) is 0.553. The highest BCUT2D eigenvalue weighted by Gasteiger charge is 1.99. The molecule has 17 heavy (non-hydrogen) atoms. The van der Waals surface area contributed by atoms with Crippen LogP contribution in [-0.4, -0.2) is 29.8 Å². The Hall–Kier alpha value is -0.870. The maximum absolute atomic E-state index is 8.86. The Balaban J connectivity index is 2.02. The molecular formula is C13H21NO2S. The van der Waals surface area contributed by atoms with Gasteiger partial charge >= 0.3 is 0 Å². The Labute approximate surface area is 107 Å². The second-order valence-corrected chi connectivity index (χ2v) is 5.28. The predicted molar refractivity (Wildman–Crippen MR) is 74.5 cm³/mol. The van der Waals surface area contributed by atoms with E-state index in [9.17, 15) is 0 Å². The fraction of sp³-hybridized carbons (Fsp3) is 0.538. The fourth-order valence-electron chi connectivity index (χ4n) is 1.25. The van der Waals surface area contributed by atoms with E-state index in [1.807, 2.05) is 36.0 Å². The van der Waals surface area contributed by atoms with Crippen LogP contribution in [0.2, 0.25) is 0 Å². The number of hydrogen-bond donors (Lipinski definition) is 2. The first-order valence-corrected chi connectivity index (χ1v) is 7.04. The molecule has 0 aromatic heterocycles. The molecule has 0 aliphatic carbocycles. The lowest BCUT2D eigenvalue weighted by atomic mass is 10.2. The number of nitrogen functional groups attached to an aromatic ring is 1. The van der Waals surface area contributed by atoms with Gasteiger partial charge in [-0.05, 0) is 48.1 Å². The number of benzene rings is 1. The highest BCUT2D eigenvalue weighted by molar-refractivity contribution is 7.99. The van der Waals surface area contributed by atoms with Gasteiger partial charge in [-0.2, -0.15) is 11.8 Å². The molecule has 0 saturated heterocycles. The number of nitrogens with two attached hydrogens (primary N) is 1. The molecule has 1 unspecified atom stereocenters. The number of aliphatic hydroxyl groups is 1. The van der Waals surface area contributed by atoms with Gasteiger partial charge in [0.25, 0.3) is 0 Å². The van der Waals surface area contributed by atoms with Gasteiger partial charge in [-0.1, -0.05) is 6.92 Å². The largest absolute Gasteiger partial charge is 0.494 e. The molecule has 3 nitrogen and oxygen atoms in total. The number of rotatable bonds is 8. The summed E-state index contributed by atoms with van der Waals surface area (Å²) in [5.41, 5.74) is 6.34. The van der Waals surface area contributed by atoms with Gasteiger partial charge in [0.1, 0.15) is 5.75 Å². The summed E-state index contributed by atoms with van der Waals surface area (Å²) in [4.78, 5) is 0. The van der Waals surface area contributed by atoms with Crippen LogP contribution in [0.5, 0.6) is 5.75 Å². The second kappa shape index (κ2) is 8.25. The van der Waals surface area contributed by atoms with Crippen LogP contribution in [-0.2, 0) is 0 Å². The van der Waals surface area contributed by atoms with E-state index in [2.05, 4.69) is 6.92 Å². The Morgan fingerprint density at radius 3 is 2.71 bits per heavy atom. The van der Waals surface area contributed by atoms with Crippen molar-refractivity contribution in [3.05, 3.63) is 24.3 Å². The van der Waals surface area contributed by atoms with Crippen molar-refractivity contribution >= 4 is 17.4 Å². The molecular weight excluding hydrogens is 234 g/mol. The Morgan fingerprint density at radius 1 is 1.35 bits per heavy atom. The number of aliphatic hydroxyl groups excluding tert-OH is 1. The Kier molecular flexibility index (Phi) is 6.89. The van der Waals surface area contributed by atoms with E-state index >= 15 is 0 Å². The standard InChI is InChI=1S/C13H21NO2S/c1-11(9-15)10-17-8-2-7-16-13-5-3-12(14)4-6-13/h3-6,11,15H,2,7-10,14H2,1H3. The molecule has 0 radical (unpaired) electrons. The van der Waals surface area contributed by atoms with Crippen LogP contribution < -0.4 is 10.5 Å². The molecule has 0 saturated carbocycles. The average Bonchev–Trinajstić information content (AvgIpc) is 2.35. The zero-order chi connectivity index (χ0) is 12.5. The molecule has 0 aliphatic heterocycles. The molecule has 0 spiro atoms. The first-order valence-electron chi connectivity index (χ1n) is 5.89.